The summed E-state index contributed by atoms with van der Waals surface area (Å²) in [6, 6.07) is 7.52. The summed E-state index contributed by atoms with van der Waals surface area (Å²) in [5.41, 5.74) is 1.57. The van der Waals surface area contributed by atoms with Crippen LogP contribution in [0.1, 0.15) is 13.8 Å². The van der Waals surface area contributed by atoms with E-state index in [1.54, 1.807) is 18.3 Å². The smallest absolute Gasteiger partial charge is 0.543 e. The van der Waals surface area contributed by atoms with E-state index in [0.717, 1.165) is 14.6 Å². The van der Waals surface area contributed by atoms with Crippen molar-refractivity contribution in [1.82, 2.24) is 9.88 Å². The average Bonchev–Trinajstić information content (AvgIpc) is 3.09. The third kappa shape index (κ3) is 3.36. The van der Waals surface area contributed by atoms with Gasteiger partial charge in [0.25, 0.3) is 0 Å². The van der Waals surface area contributed by atoms with E-state index >= 15 is 0 Å². The van der Waals surface area contributed by atoms with Crippen LogP contribution >= 0.6 is 23.1 Å². The van der Waals surface area contributed by atoms with Gasteiger partial charge in [0, 0.05) is 11.7 Å². The van der Waals surface area contributed by atoms with E-state index in [2.05, 4.69) is 4.98 Å². The molecule has 1 aromatic carbocycles. The molecule has 0 bridgehead atoms. The molecule has 136 valence electrons. The topological polar surface area (TPSA) is 93.6 Å². The molecule has 1 N–H and O–H groups in total. The van der Waals surface area contributed by atoms with Crippen LogP contribution in [0.25, 0.3) is 10.2 Å². The number of amides is 1. The Balaban J connectivity index is 0.00000210. The Morgan fingerprint density at radius 3 is 2.78 bits per heavy atom. The van der Waals surface area contributed by atoms with Gasteiger partial charge in [-0.05, 0) is 24.6 Å². The van der Waals surface area contributed by atoms with E-state index in [4.69, 9.17) is 0 Å². The maximum atomic E-state index is 12.3. The number of carbonyl (C=O) groups is 2. The molecule has 6 nitrogen and oxygen atoms in total. The maximum absolute atomic E-state index is 12.3. The number of hydrogen-bond acceptors (Lipinski definition) is 7. The zero-order valence-electron chi connectivity index (χ0n) is 15.2. The molecule has 1 fully saturated rings. The first-order valence-corrected chi connectivity index (χ1v) is 10.1. The van der Waals surface area contributed by atoms with Gasteiger partial charge in [0.2, 0.25) is 5.91 Å². The molecule has 0 aliphatic carbocycles. The van der Waals surface area contributed by atoms with Crippen molar-refractivity contribution < 1.29 is 49.4 Å². The standard InChI is InChI=1S/C18H18N2O4S2.Na/c1-8-10(7-25-18-19-11-5-3-4-6-12(11)26-18)15(17(23)24)20-14(8)13(9(2)21)16(20)22;/h3-6,8-9,13-14,21H,7H2,1-2H3,(H,23,24);/q;+1/p-1/t8-,9?,13?,14?;/m0./s1. The quantitative estimate of drug-likeness (QED) is 0.356. The zero-order valence-corrected chi connectivity index (χ0v) is 18.8. The molecule has 2 aliphatic heterocycles. The second-order valence-corrected chi connectivity index (χ2v) is 8.90. The molecule has 0 spiro atoms. The first-order valence-electron chi connectivity index (χ1n) is 8.34. The molecule has 0 saturated carbocycles. The van der Waals surface area contributed by atoms with Crippen molar-refractivity contribution in [2.45, 2.75) is 30.3 Å². The summed E-state index contributed by atoms with van der Waals surface area (Å²) in [4.78, 5) is 29.8. The summed E-state index contributed by atoms with van der Waals surface area (Å²) in [6.45, 7) is 3.48. The minimum absolute atomic E-state index is 0. The van der Waals surface area contributed by atoms with Crippen molar-refractivity contribution in [3.63, 3.8) is 0 Å². The number of thioether (sulfide) groups is 1. The Morgan fingerprint density at radius 1 is 1.44 bits per heavy atom. The molecule has 1 amide bonds. The van der Waals surface area contributed by atoms with Crippen LogP contribution < -0.4 is 34.7 Å². The summed E-state index contributed by atoms with van der Waals surface area (Å²) in [7, 11) is 0. The molecule has 27 heavy (non-hydrogen) atoms. The van der Waals surface area contributed by atoms with E-state index in [1.165, 1.54) is 16.7 Å². The van der Waals surface area contributed by atoms with Gasteiger partial charge in [0.1, 0.15) is 0 Å². The summed E-state index contributed by atoms with van der Waals surface area (Å²) < 4.78 is 1.94. The van der Waals surface area contributed by atoms with Gasteiger partial charge in [0.05, 0.1) is 39.9 Å². The SMILES string of the molecule is CC(O)C1C(=O)N2C(C(=O)[O-])=C(CSc3nc4ccccc4s3)[C@H](C)C12.[Na+]. The van der Waals surface area contributed by atoms with Crippen LogP contribution in [0.3, 0.4) is 0 Å². The minimum atomic E-state index is -1.34. The fraction of sp³-hybridized carbons (Fsp3) is 0.389. The second kappa shape index (κ2) is 7.85. The van der Waals surface area contributed by atoms with E-state index in [9.17, 15) is 19.8 Å². The molecular formula is C18H17N2NaO4S2. The summed E-state index contributed by atoms with van der Waals surface area (Å²) >= 11 is 3.03. The Bertz CT molecular complexity index is 909. The van der Waals surface area contributed by atoms with Gasteiger partial charge in [-0.3, -0.25) is 4.79 Å². The monoisotopic (exact) mass is 412 g/mol. The second-order valence-electron chi connectivity index (χ2n) is 6.65. The van der Waals surface area contributed by atoms with Crippen LogP contribution in [0, 0.1) is 11.8 Å². The molecule has 2 aromatic rings. The number of hydrogen-bond donors (Lipinski definition) is 1. The molecule has 2 aliphatic rings. The van der Waals surface area contributed by atoms with Gasteiger partial charge in [-0.2, -0.15) is 0 Å². The first-order chi connectivity index (χ1) is 12.4. The number of nitrogens with zero attached hydrogens (tertiary/aromatic N) is 2. The zero-order chi connectivity index (χ0) is 18.6. The number of thiazole rings is 1. The van der Waals surface area contributed by atoms with Gasteiger partial charge in [-0.1, -0.05) is 30.8 Å². The predicted molar refractivity (Wildman–Crippen MR) is 97.3 cm³/mol. The fourth-order valence-electron chi connectivity index (χ4n) is 3.88. The van der Waals surface area contributed by atoms with Gasteiger partial charge >= 0.3 is 29.6 Å². The van der Waals surface area contributed by atoms with Crippen LogP contribution in [0.4, 0.5) is 0 Å². The number of aliphatic hydroxyl groups is 1. The van der Waals surface area contributed by atoms with Gasteiger partial charge < -0.3 is 19.9 Å². The molecule has 9 heteroatoms. The normalized spacial score (nSPS) is 25.2. The molecule has 3 heterocycles. The van der Waals surface area contributed by atoms with Gasteiger partial charge in [0.15, 0.2) is 4.34 Å². The van der Waals surface area contributed by atoms with E-state index in [1.807, 2.05) is 31.2 Å². The number of fused-ring (bicyclic) bond motifs is 2. The van der Waals surface area contributed by atoms with Crippen LogP contribution in [0.2, 0.25) is 0 Å². The molecule has 1 aromatic heterocycles. The van der Waals surface area contributed by atoms with Crippen LogP contribution in [0.5, 0.6) is 0 Å². The number of aromatic nitrogens is 1. The number of benzene rings is 1. The summed E-state index contributed by atoms with van der Waals surface area (Å²) in [5, 5.41) is 21.5. The van der Waals surface area contributed by atoms with Crippen molar-refractivity contribution in [1.29, 1.82) is 0 Å². The van der Waals surface area contributed by atoms with Gasteiger partial charge in [-0.25, -0.2) is 4.98 Å². The Hall–Kier alpha value is -0.900. The van der Waals surface area contributed by atoms with Crippen LogP contribution in [0.15, 0.2) is 39.9 Å². The third-order valence-corrected chi connectivity index (χ3v) is 7.36. The Kier molecular flexibility index (Phi) is 6.05. The van der Waals surface area contributed by atoms with Crippen molar-refractivity contribution in [2.75, 3.05) is 5.75 Å². The number of β-lactam (4-membered cyclic amide) rings is 1. The predicted octanol–water partition coefficient (Wildman–Crippen LogP) is -1.75. The molecule has 4 atom stereocenters. The molecule has 4 rings (SSSR count). The van der Waals surface area contributed by atoms with Crippen LogP contribution in [-0.2, 0) is 9.59 Å². The Morgan fingerprint density at radius 2 is 2.15 bits per heavy atom. The summed E-state index contributed by atoms with van der Waals surface area (Å²) in [6.07, 6.45) is -0.800. The average molecular weight is 412 g/mol. The van der Waals surface area contributed by atoms with E-state index in [-0.39, 0.29) is 53.1 Å². The van der Waals surface area contributed by atoms with Crippen molar-refractivity contribution in [2.24, 2.45) is 11.8 Å². The summed E-state index contributed by atoms with van der Waals surface area (Å²) in [5.74, 6) is -1.93. The molecular weight excluding hydrogens is 395 g/mol. The fourth-order valence-corrected chi connectivity index (χ4v) is 6.10. The number of aliphatic hydroxyl groups excluding tert-OH is 1. The molecule has 0 radical (unpaired) electrons. The number of carbonyl (C=O) groups excluding carboxylic acids is 2. The first kappa shape index (κ1) is 20.8. The van der Waals surface area contributed by atoms with Crippen molar-refractivity contribution in [3.05, 3.63) is 35.5 Å². The Labute approximate surface area is 186 Å². The number of aliphatic carboxylic acids is 1. The largest absolute Gasteiger partial charge is 1.00 e. The molecule has 3 unspecified atom stereocenters. The molecule has 1 saturated heterocycles. The number of carboxylic acids is 1. The van der Waals surface area contributed by atoms with Crippen molar-refractivity contribution >= 4 is 45.2 Å². The number of rotatable bonds is 5. The van der Waals surface area contributed by atoms with Crippen molar-refractivity contribution in [3.8, 4) is 0 Å². The number of carboxylic acid groups (broad SMARTS) is 1. The number of para-hydroxylation sites is 1. The van der Waals surface area contributed by atoms with E-state index in [0.29, 0.717) is 11.3 Å². The maximum Gasteiger partial charge on any atom is 1.00 e. The van der Waals surface area contributed by atoms with Crippen LogP contribution in [-0.4, -0.2) is 44.8 Å². The third-order valence-electron chi connectivity index (χ3n) is 5.13. The van der Waals surface area contributed by atoms with E-state index < -0.39 is 18.0 Å². The minimum Gasteiger partial charge on any atom is -0.543 e. The van der Waals surface area contributed by atoms with Gasteiger partial charge in [-0.15, -0.1) is 11.3 Å².